The number of methoxy groups -OCH3 is 1. The summed E-state index contributed by atoms with van der Waals surface area (Å²) in [4.78, 5) is 23.2. The van der Waals surface area contributed by atoms with Crippen LogP contribution in [0.5, 0.6) is 5.75 Å². The SMILES string of the molecule is COc1ccc(/C=C/C(=O)OCC(=O)NCc2ccccc2F)cc1. The fourth-order valence-electron chi connectivity index (χ4n) is 1.95. The molecule has 5 nitrogen and oxygen atoms in total. The zero-order chi connectivity index (χ0) is 18.1. The van der Waals surface area contributed by atoms with Gasteiger partial charge < -0.3 is 14.8 Å². The van der Waals surface area contributed by atoms with Crippen molar-refractivity contribution in [3.8, 4) is 5.75 Å². The van der Waals surface area contributed by atoms with Crippen molar-refractivity contribution in [2.75, 3.05) is 13.7 Å². The molecule has 0 radical (unpaired) electrons. The molecule has 0 saturated carbocycles. The van der Waals surface area contributed by atoms with E-state index in [1.54, 1.807) is 55.7 Å². The summed E-state index contributed by atoms with van der Waals surface area (Å²) in [6.45, 7) is -0.398. The molecule has 1 N–H and O–H groups in total. The summed E-state index contributed by atoms with van der Waals surface area (Å²) >= 11 is 0. The Morgan fingerprint density at radius 2 is 1.84 bits per heavy atom. The highest BCUT2D eigenvalue weighted by atomic mass is 19.1. The highest BCUT2D eigenvalue weighted by Crippen LogP contribution is 2.12. The van der Waals surface area contributed by atoms with Crippen molar-refractivity contribution in [1.29, 1.82) is 0 Å². The molecule has 0 bridgehead atoms. The number of amides is 1. The van der Waals surface area contributed by atoms with Gasteiger partial charge in [-0.15, -0.1) is 0 Å². The summed E-state index contributed by atoms with van der Waals surface area (Å²) < 4.78 is 23.3. The minimum atomic E-state index is -0.642. The maximum Gasteiger partial charge on any atom is 0.331 e. The van der Waals surface area contributed by atoms with E-state index in [2.05, 4.69) is 5.32 Å². The van der Waals surface area contributed by atoms with Gasteiger partial charge in [-0.05, 0) is 29.8 Å². The van der Waals surface area contributed by atoms with Crippen LogP contribution < -0.4 is 10.1 Å². The number of esters is 1. The van der Waals surface area contributed by atoms with Gasteiger partial charge in [-0.3, -0.25) is 4.79 Å². The largest absolute Gasteiger partial charge is 0.497 e. The van der Waals surface area contributed by atoms with E-state index in [0.717, 1.165) is 5.56 Å². The molecular formula is C19H18FNO4. The maximum atomic E-state index is 13.4. The number of ether oxygens (including phenoxy) is 2. The lowest BCUT2D eigenvalue weighted by Gasteiger charge is -2.06. The number of hydrogen-bond acceptors (Lipinski definition) is 4. The molecular weight excluding hydrogens is 325 g/mol. The molecule has 25 heavy (non-hydrogen) atoms. The lowest BCUT2D eigenvalue weighted by molar-refractivity contribution is -0.143. The third-order valence-electron chi connectivity index (χ3n) is 3.31. The Bertz CT molecular complexity index is 756. The Hall–Kier alpha value is -3.15. The Balaban J connectivity index is 1.74. The summed E-state index contributed by atoms with van der Waals surface area (Å²) in [7, 11) is 1.57. The van der Waals surface area contributed by atoms with Crippen LogP contribution in [-0.4, -0.2) is 25.6 Å². The van der Waals surface area contributed by atoms with Crippen molar-refractivity contribution in [3.63, 3.8) is 0 Å². The van der Waals surface area contributed by atoms with Crippen molar-refractivity contribution in [3.05, 3.63) is 71.6 Å². The molecule has 0 aliphatic heterocycles. The first-order chi connectivity index (χ1) is 12.1. The molecule has 0 atom stereocenters. The quantitative estimate of drug-likeness (QED) is 0.620. The molecule has 0 aliphatic carbocycles. The molecule has 2 aromatic rings. The second kappa shape index (κ2) is 9.22. The Labute approximate surface area is 145 Å². The summed E-state index contributed by atoms with van der Waals surface area (Å²) in [6.07, 6.45) is 2.80. The van der Waals surface area contributed by atoms with Gasteiger partial charge in [0, 0.05) is 18.2 Å². The highest BCUT2D eigenvalue weighted by molar-refractivity contribution is 5.89. The molecule has 1 amide bonds. The zero-order valence-corrected chi connectivity index (χ0v) is 13.7. The van der Waals surface area contributed by atoms with Gasteiger partial charge in [-0.25, -0.2) is 9.18 Å². The number of benzene rings is 2. The summed E-state index contributed by atoms with van der Waals surface area (Å²) in [5.41, 5.74) is 1.16. The summed E-state index contributed by atoms with van der Waals surface area (Å²) in [5.74, 6) is -0.834. The number of carbonyl (C=O) groups excluding carboxylic acids is 2. The molecule has 0 unspecified atom stereocenters. The van der Waals surface area contributed by atoms with Gasteiger partial charge >= 0.3 is 5.97 Å². The van der Waals surface area contributed by atoms with Gasteiger partial charge in [0.05, 0.1) is 7.11 Å². The predicted molar refractivity (Wildman–Crippen MR) is 91.2 cm³/mol. The molecule has 6 heteroatoms. The lowest BCUT2D eigenvalue weighted by Crippen LogP contribution is -2.28. The Morgan fingerprint density at radius 3 is 2.52 bits per heavy atom. The minimum absolute atomic E-state index is 0.0325. The van der Waals surface area contributed by atoms with Crippen molar-refractivity contribution in [2.45, 2.75) is 6.54 Å². The van der Waals surface area contributed by atoms with Gasteiger partial charge in [-0.2, -0.15) is 0 Å². The van der Waals surface area contributed by atoms with E-state index >= 15 is 0 Å². The van der Waals surface area contributed by atoms with Crippen LogP contribution in [0.15, 0.2) is 54.6 Å². The fraction of sp³-hybridized carbons (Fsp3) is 0.158. The van der Waals surface area contributed by atoms with Crippen LogP contribution in [0.1, 0.15) is 11.1 Å². The van der Waals surface area contributed by atoms with E-state index in [9.17, 15) is 14.0 Å². The zero-order valence-electron chi connectivity index (χ0n) is 13.7. The van der Waals surface area contributed by atoms with E-state index in [1.165, 1.54) is 12.1 Å². The normalized spacial score (nSPS) is 10.5. The molecule has 0 saturated heterocycles. The number of nitrogens with one attached hydrogen (secondary N) is 1. The maximum absolute atomic E-state index is 13.4. The van der Waals surface area contributed by atoms with E-state index < -0.39 is 24.3 Å². The van der Waals surface area contributed by atoms with Crippen molar-refractivity contribution >= 4 is 18.0 Å². The van der Waals surface area contributed by atoms with Crippen LogP contribution >= 0.6 is 0 Å². The second-order valence-electron chi connectivity index (χ2n) is 5.08. The molecule has 2 rings (SSSR count). The summed E-state index contributed by atoms with van der Waals surface area (Å²) in [5, 5.41) is 2.49. The van der Waals surface area contributed by atoms with Crippen molar-refractivity contribution in [1.82, 2.24) is 5.32 Å². The van der Waals surface area contributed by atoms with E-state index in [4.69, 9.17) is 9.47 Å². The van der Waals surface area contributed by atoms with Crippen LogP contribution in [-0.2, 0) is 20.9 Å². The summed E-state index contributed by atoms with van der Waals surface area (Å²) in [6, 6.07) is 13.2. The van der Waals surface area contributed by atoms with Gasteiger partial charge in [-0.1, -0.05) is 30.3 Å². The van der Waals surface area contributed by atoms with Gasteiger partial charge in [0.2, 0.25) is 0 Å². The molecule has 0 aromatic heterocycles. The first-order valence-corrected chi connectivity index (χ1v) is 7.57. The standard InChI is InChI=1S/C19H18FNO4/c1-24-16-9-6-14(7-10-16)8-11-19(23)25-13-18(22)21-12-15-4-2-3-5-17(15)20/h2-11H,12-13H2,1H3,(H,21,22)/b11-8+. The molecule has 0 spiro atoms. The fourth-order valence-corrected chi connectivity index (χ4v) is 1.95. The Morgan fingerprint density at radius 1 is 1.12 bits per heavy atom. The van der Waals surface area contributed by atoms with Crippen LogP contribution in [0, 0.1) is 5.82 Å². The molecule has 0 fully saturated rings. The minimum Gasteiger partial charge on any atom is -0.497 e. The monoisotopic (exact) mass is 343 g/mol. The van der Waals surface area contributed by atoms with E-state index in [-0.39, 0.29) is 6.54 Å². The van der Waals surface area contributed by atoms with Crippen LogP contribution in [0.25, 0.3) is 6.08 Å². The van der Waals surface area contributed by atoms with Crippen LogP contribution in [0.3, 0.4) is 0 Å². The average molecular weight is 343 g/mol. The molecule has 0 heterocycles. The molecule has 2 aromatic carbocycles. The molecule has 130 valence electrons. The smallest absolute Gasteiger partial charge is 0.331 e. The lowest BCUT2D eigenvalue weighted by atomic mass is 10.2. The van der Waals surface area contributed by atoms with Gasteiger partial charge in [0.1, 0.15) is 11.6 Å². The number of halogens is 1. The predicted octanol–water partition coefficient (Wildman–Crippen LogP) is 2.71. The topological polar surface area (TPSA) is 64.6 Å². The number of carbonyl (C=O) groups is 2. The van der Waals surface area contributed by atoms with Crippen molar-refractivity contribution < 1.29 is 23.5 Å². The third kappa shape index (κ3) is 6.10. The van der Waals surface area contributed by atoms with Crippen molar-refractivity contribution in [2.24, 2.45) is 0 Å². The second-order valence-corrected chi connectivity index (χ2v) is 5.08. The first kappa shape index (κ1) is 18.2. The average Bonchev–Trinajstić information content (AvgIpc) is 2.64. The van der Waals surface area contributed by atoms with Gasteiger partial charge in [0.25, 0.3) is 5.91 Å². The van der Waals surface area contributed by atoms with E-state index in [1.807, 2.05) is 0 Å². The Kier molecular flexibility index (Phi) is 6.71. The number of rotatable bonds is 7. The van der Waals surface area contributed by atoms with Crippen LogP contribution in [0.4, 0.5) is 4.39 Å². The number of hydrogen-bond donors (Lipinski definition) is 1. The first-order valence-electron chi connectivity index (χ1n) is 7.57. The molecule has 0 aliphatic rings. The van der Waals surface area contributed by atoms with Crippen LogP contribution in [0.2, 0.25) is 0 Å². The van der Waals surface area contributed by atoms with Gasteiger partial charge in [0.15, 0.2) is 6.61 Å². The van der Waals surface area contributed by atoms with E-state index in [0.29, 0.717) is 11.3 Å². The highest BCUT2D eigenvalue weighted by Gasteiger charge is 2.06. The third-order valence-corrected chi connectivity index (χ3v) is 3.31.